The summed E-state index contributed by atoms with van der Waals surface area (Å²) in [7, 11) is 3.40. The summed E-state index contributed by atoms with van der Waals surface area (Å²) in [6.45, 7) is 1.26. The number of anilines is 1. The fourth-order valence-electron chi connectivity index (χ4n) is 2.06. The van der Waals surface area contributed by atoms with E-state index in [9.17, 15) is 4.79 Å². The molecule has 0 fully saturated rings. The zero-order valence-electron chi connectivity index (χ0n) is 11.8. The summed E-state index contributed by atoms with van der Waals surface area (Å²) in [6, 6.07) is 9.17. The fourth-order valence-corrected chi connectivity index (χ4v) is 2.06. The van der Waals surface area contributed by atoms with E-state index in [2.05, 4.69) is 4.98 Å². The molecule has 0 radical (unpaired) electrons. The Bertz CT molecular complexity index is 613. The Labute approximate surface area is 118 Å². The molecule has 0 aliphatic carbocycles. The lowest BCUT2D eigenvalue weighted by Crippen LogP contribution is -2.29. The number of amides is 1. The molecule has 0 saturated heterocycles. The predicted molar refractivity (Wildman–Crippen MR) is 79.6 cm³/mol. The molecule has 0 aliphatic heterocycles. The second kappa shape index (κ2) is 6.34. The summed E-state index contributed by atoms with van der Waals surface area (Å²) in [5.74, 6) is -0.126. The summed E-state index contributed by atoms with van der Waals surface area (Å²) in [5.41, 5.74) is 7.67. The molecule has 5 nitrogen and oxygen atoms in total. The number of fused-ring (bicyclic) bond motifs is 1. The van der Waals surface area contributed by atoms with Gasteiger partial charge in [0.2, 0.25) is 0 Å². The fraction of sp³-hybridized carbons (Fsp3) is 0.333. The van der Waals surface area contributed by atoms with Gasteiger partial charge in [0.1, 0.15) is 5.69 Å². The molecule has 1 aromatic heterocycles. The van der Waals surface area contributed by atoms with Crippen molar-refractivity contribution in [3.05, 3.63) is 36.0 Å². The first kappa shape index (κ1) is 14.3. The van der Waals surface area contributed by atoms with Gasteiger partial charge in [-0.2, -0.15) is 0 Å². The largest absolute Gasteiger partial charge is 0.398 e. The molecule has 0 spiro atoms. The topological polar surface area (TPSA) is 68.5 Å². The van der Waals surface area contributed by atoms with Gasteiger partial charge in [-0.25, -0.2) is 4.98 Å². The van der Waals surface area contributed by atoms with Gasteiger partial charge in [-0.3, -0.25) is 4.79 Å². The van der Waals surface area contributed by atoms with Crippen molar-refractivity contribution in [2.45, 2.75) is 6.42 Å². The highest BCUT2D eigenvalue weighted by atomic mass is 16.5. The lowest BCUT2D eigenvalue weighted by atomic mass is 10.1. The number of nitrogens with two attached hydrogens (primary N) is 1. The quantitative estimate of drug-likeness (QED) is 0.845. The van der Waals surface area contributed by atoms with E-state index in [1.807, 2.05) is 24.3 Å². The Morgan fingerprint density at radius 2 is 2.15 bits per heavy atom. The standard InChI is InChI=1S/C15H19N3O2/c1-18(8-5-9-20-2)15(19)14-10-12(16)11-6-3-4-7-13(11)17-14/h3-4,6-7,10H,5,8-9H2,1-2H3,(H2,16,17). The van der Waals surface area contributed by atoms with Crippen molar-refractivity contribution in [1.29, 1.82) is 0 Å². The normalized spacial score (nSPS) is 10.7. The summed E-state index contributed by atoms with van der Waals surface area (Å²) in [6.07, 6.45) is 0.793. The van der Waals surface area contributed by atoms with Crippen LogP contribution in [0.15, 0.2) is 30.3 Å². The second-order valence-corrected chi connectivity index (χ2v) is 4.69. The Morgan fingerprint density at radius 3 is 2.90 bits per heavy atom. The number of hydrogen-bond donors (Lipinski definition) is 1. The molecule has 0 unspecified atom stereocenters. The van der Waals surface area contributed by atoms with Crippen molar-refractivity contribution < 1.29 is 9.53 Å². The summed E-state index contributed by atoms with van der Waals surface area (Å²) < 4.78 is 4.98. The van der Waals surface area contributed by atoms with Gasteiger partial charge < -0.3 is 15.4 Å². The van der Waals surface area contributed by atoms with E-state index in [0.29, 0.717) is 24.5 Å². The zero-order chi connectivity index (χ0) is 14.5. The highest BCUT2D eigenvalue weighted by Gasteiger charge is 2.14. The van der Waals surface area contributed by atoms with E-state index in [1.54, 1.807) is 25.1 Å². The number of carbonyl (C=O) groups is 1. The molecule has 1 amide bonds. The average Bonchev–Trinajstić information content (AvgIpc) is 2.46. The Kier molecular flexibility index (Phi) is 4.53. The van der Waals surface area contributed by atoms with Crippen LogP contribution in [0.4, 0.5) is 5.69 Å². The van der Waals surface area contributed by atoms with Crippen molar-refractivity contribution in [1.82, 2.24) is 9.88 Å². The number of aromatic nitrogens is 1. The van der Waals surface area contributed by atoms with Gasteiger partial charge in [-0.05, 0) is 18.6 Å². The third kappa shape index (κ3) is 3.05. The number of methoxy groups -OCH3 is 1. The van der Waals surface area contributed by atoms with Crippen LogP contribution >= 0.6 is 0 Å². The monoisotopic (exact) mass is 273 g/mol. The number of hydrogen-bond acceptors (Lipinski definition) is 4. The van der Waals surface area contributed by atoms with Crippen LogP contribution in [0.5, 0.6) is 0 Å². The lowest BCUT2D eigenvalue weighted by Gasteiger charge is -2.17. The van der Waals surface area contributed by atoms with Gasteiger partial charge in [0.15, 0.2) is 0 Å². The number of nitrogens with zero attached hydrogens (tertiary/aromatic N) is 2. The molecular weight excluding hydrogens is 254 g/mol. The first-order chi connectivity index (χ1) is 9.63. The summed E-state index contributed by atoms with van der Waals surface area (Å²) >= 11 is 0. The van der Waals surface area contributed by atoms with Crippen LogP contribution in [0, 0.1) is 0 Å². The summed E-state index contributed by atoms with van der Waals surface area (Å²) in [5, 5.41) is 0.867. The third-order valence-corrected chi connectivity index (χ3v) is 3.16. The highest BCUT2D eigenvalue weighted by molar-refractivity contribution is 5.99. The van der Waals surface area contributed by atoms with Gasteiger partial charge in [-0.15, -0.1) is 0 Å². The molecule has 0 aliphatic rings. The molecule has 2 rings (SSSR count). The number of ether oxygens (including phenoxy) is 1. The molecule has 0 bridgehead atoms. The van der Waals surface area contributed by atoms with Gasteiger partial charge in [0.25, 0.3) is 5.91 Å². The molecule has 106 valence electrons. The van der Waals surface area contributed by atoms with Crippen molar-refractivity contribution in [2.75, 3.05) is 33.0 Å². The SMILES string of the molecule is COCCCN(C)C(=O)c1cc(N)c2ccccc2n1. The minimum absolute atomic E-state index is 0.126. The zero-order valence-corrected chi connectivity index (χ0v) is 11.8. The molecule has 0 saturated carbocycles. The van der Waals surface area contributed by atoms with E-state index < -0.39 is 0 Å². The van der Waals surface area contributed by atoms with Crippen molar-refractivity contribution in [2.24, 2.45) is 0 Å². The number of nitrogen functional groups attached to an aromatic ring is 1. The van der Waals surface area contributed by atoms with Crippen LogP contribution in [0.3, 0.4) is 0 Å². The first-order valence-corrected chi connectivity index (χ1v) is 6.53. The first-order valence-electron chi connectivity index (χ1n) is 6.53. The van der Waals surface area contributed by atoms with E-state index in [0.717, 1.165) is 17.3 Å². The maximum atomic E-state index is 12.3. The minimum atomic E-state index is -0.126. The Hall–Kier alpha value is -2.14. The predicted octanol–water partition coefficient (Wildman–Crippen LogP) is 1.93. The summed E-state index contributed by atoms with van der Waals surface area (Å²) in [4.78, 5) is 18.3. The van der Waals surface area contributed by atoms with Gasteiger partial charge in [0, 0.05) is 38.4 Å². The maximum absolute atomic E-state index is 12.3. The smallest absolute Gasteiger partial charge is 0.272 e. The van der Waals surface area contributed by atoms with Crippen LogP contribution in [-0.2, 0) is 4.74 Å². The Balaban J connectivity index is 2.22. The van der Waals surface area contributed by atoms with E-state index >= 15 is 0 Å². The molecule has 2 N–H and O–H groups in total. The number of benzene rings is 1. The van der Waals surface area contributed by atoms with Crippen molar-refractivity contribution in [3.63, 3.8) is 0 Å². The number of para-hydroxylation sites is 1. The van der Waals surface area contributed by atoms with E-state index in [4.69, 9.17) is 10.5 Å². The maximum Gasteiger partial charge on any atom is 0.272 e. The minimum Gasteiger partial charge on any atom is -0.398 e. The molecule has 2 aromatic rings. The lowest BCUT2D eigenvalue weighted by molar-refractivity contribution is 0.0774. The second-order valence-electron chi connectivity index (χ2n) is 4.69. The van der Waals surface area contributed by atoms with Gasteiger partial charge in [0.05, 0.1) is 5.52 Å². The van der Waals surface area contributed by atoms with Crippen molar-refractivity contribution in [3.8, 4) is 0 Å². The molecule has 20 heavy (non-hydrogen) atoms. The highest BCUT2D eigenvalue weighted by Crippen LogP contribution is 2.20. The number of pyridine rings is 1. The number of carbonyl (C=O) groups excluding carboxylic acids is 1. The molecular formula is C15H19N3O2. The Morgan fingerprint density at radius 1 is 1.40 bits per heavy atom. The van der Waals surface area contributed by atoms with Gasteiger partial charge >= 0.3 is 0 Å². The molecule has 0 atom stereocenters. The van der Waals surface area contributed by atoms with Crippen LogP contribution < -0.4 is 5.73 Å². The number of rotatable bonds is 5. The molecule has 1 aromatic carbocycles. The van der Waals surface area contributed by atoms with E-state index in [-0.39, 0.29) is 5.91 Å². The van der Waals surface area contributed by atoms with Crippen LogP contribution in [0.25, 0.3) is 10.9 Å². The molecule has 5 heteroatoms. The molecule has 1 heterocycles. The van der Waals surface area contributed by atoms with Crippen LogP contribution in [0.2, 0.25) is 0 Å². The van der Waals surface area contributed by atoms with Crippen LogP contribution in [0.1, 0.15) is 16.9 Å². The van der Waals surface area contributed by atoms with E-state index in [1.165, 1.54) is 0 Å². The van der Waals surface area contributed by atoms with Crippen molar-refractivity contribution >= 4 is 22.5 Å². The third-order valence-electron chi connectivity index (χ3n) is 3.16. The van der Waals surface area contributed by atoms with Gasteiger partial charge in [-0.1, -0.05) is 18.2 Å². The average molecular weight is 273 g/mol. The van der Waals surface area contributed by atoms with Crippen LogP contribution in [-0.4, -0.2) is 43.1 Å².